The summed E-state index contributed by atoms with van der Waals surface area (Å²) >= 11 is 0. The Balaban J connectivity index is 2.05. The van der Waals surface area contributed by atoms with Crippen molar-refractivity contribution in [3.63, 3.8) is 0 Å². The van der Waals surface area contributed by atoms with Crippen molar-refractivity contribution in [1.82, 2.24) is 13.9 Å². The van der Waals surface area contributed by atoms with Gasteiger partial charge in [0.1, 0.15) is 11.8 Å². The fourth-order valence-corrected chi connectivity index (χ4v) is 4.16. The smallest absolute Gasteiger partial charge is 0.282 e. The lowest BCUT2D eigenvalue weighted by Crippen LogP contribution is -2.51. The number of nitrogens with one attached hydrogen (secondary N) is 1. The maximum Gasteiger partial charge on any atom is 0.282 e. The van der Waals surface area contributed by atoms with Crippen molar-refractivity contribution in [3.8, 4) is 0 Å². The molecule has 7 nitrogen and oxygen atoms in total. The van der Waals surface area contributed by atoms with Crippen LogP contribution in [0.1, 0.15) is 32.4 Å². The van der Waals surface area contributed by atoms with E-state index in [4.69, 9.17) is 4.42 Å². The first kappa shape index (κ1) is 17.0. The molecule has 1 aromatic rings. The summed E-state index contributed by atoms with van der Waals surface area (Å²) in [6, 6.07) is 2.69. The van der Waals surface area contributed by atoms with E-state index in [1.807, 2.05) is 0 Å². The largest absolute Gasteiger partial charge is 0.467 e. The van der Waals surface area contributed by atoms with Crippen molar-refractivity contribution in [3.05, 3.63) is 24.2 Å². The Morgan fingerprint density at radius 3 is 2.86 bits per heavy atom. The summed E-state index contributed by atoms with van der Waals surface area (Å²) in [5.41, 5.74) is 0. The molecule has 1 aliphatic rings. The zero-order chi connectivity index (χ0) is 16.3. The first-order valence-electron chi connectivity index (χ1n) is 7.39. The number of carbonyl (C=O) groups excluding carboxylic acids is 1. The first-order valence-corrected chi connectivity index (χ1v) is 8.78. The van der Waals surface area contributed by atoms with Crippen molar-refractivity contribution < 1.29 is 17.6 Å². The van der Waals surface area contributed by atoms with E-state index in [0.29, 0.717) is 25.1 Å². The summed E-state index contributed by atoms with van der Waals surface area (Å²) in [4.78, 5) is 12.3. The second-order valence-corrected chi connectivity index (χ2v) is 7.62. The van der Waals surface area contributed by atoms with Gasteiger partial charge in [0, 0.05) is 19.6 Å². The summed E-state index contributed by atoms with van der Waals surface area (Å²) in [5, 5.41) is 2.74. The third-order valence-corrected chi connectivity index (χ3v) is 6.09. The Labute approximate surface area is 131 Å². The van der Waals surface area contributed by atoms with E-state index in [1.54, 1.807) is 26.0 Å². The molecule has 1 aliphatic heterocycles. The van der Waals surface area contributed by atoms with Gasteiger partial charge < -0.3 is 9.73 Å². The number of amides is 1. The zero-order valence-electron chi connectivity index (χ0n) is 13.2. The molecule has 22 heavy (non-hydrogen) atoms. The molecular weight excluding hydrogens is 306 g/mol. The van der Waals surface area contributed by atoms with Crippen molar-refractivity contribution in [2.75, 3.05) is 13.6 Å². The second kappa shape index (κ2) is 6.80. The Morgan fingerprint density at radius 2 is 2.27 bits per heavy atom. The molecule has 124 valence electrons. The molecule has 0 aromatic carbocycles. The lowest BCUT2D eigenvalue weighted by atomic mass is 10.2. The fourth-order valence-electron chi connectivity index (χ4n) is 2.42. The Morgan fingerprint density at radius 1 is 1.55 bits per heavy atom. The number of rotatable bonds is 6. The lowest BCUT2D eigenvalue weighted by Gasteiger charge is -2.30. The van der Waals surface area contributed by atoms with Gasteiger partial charge in [0.2, 0.25) is 5.91 Å². The normalized spacial score (nSPS) is 20.0. The van der Waals surface area contributed by atoms with Crippen LogP contribution in [0.15, 0.2) is 22.8 Å². The minimum Gasteiger partial charge on any atom is -0.467 e. The highest BCUT2D eigenvalue weighted by Crippen LogP contribution is 2.24. The van der Waals surface area contributed by atoms with Gasteiger partial charge in [-0.15, -0.1) is 0 Å². The molecule has 8 heteroatoms. The number of furan rings is 1. The molecule has 2 heterocycles. The van der Waals surface area contributed by atoms with Gasteiger partial charge in [-0.25, -0.2) is 0 Å². The van der Waals surface area contributed by atoms with E-state index in [0.717, 1.165) is 0 Å². The third kappa shape index (κ3) is 3.50. The Kier molecular flexibility index (Phi) is 5.25. The molecule has 1 atom stereocenters. The maximum absolute atomic E-state index is 12.6. The van der Waals surface area contributed by atoms with E-state index >= 15 is 0 Å². The van der Waals surface area contributed by atoms with Crippen LogP contribution in [-0.4, -0.2) is 48.6 Å². The highest BCUT2D eigenvalue weighted by molar-refractivity contribution is 7.86. The van der Waals surface area contributed by atoms with Crippen LogP contribution in [0.3, 0.4) is 0 Å². The molecule has 0 bridgehead atoms. The zero-order valence-corrected chi connectivity index (χ0v) is 14.0. The van der Waals surface area contributed by atoms with E-state index in [2.05, 4.69) is 5.32 Å². The number of hydrogen-bond donors (Lipinski definition) is 1. The molecule has 1 aromatic heterocycles. The van der Waals surface area contributed by atoms with Crippen LogP contribution >= 0.6 is 0 Å². The van der Waals surface area contributed by atoms with Crippen LogP contribution in [0.4, 0.5) is 0 Å². The van der Waals surface area contributed by atoms with Crippen molar-refractivity contribution in [2.45, 2.75) is 45.3 Å². The summed E-state index contributed by atoms with van der Waals surface area (Å²) in [6.45, 7) is 4.24. The molecule has 2 rings (SSSR count). The van der Waals surface area contributed by atoms with Crippen molar-refractivity contribution >= 4 is 16.1 Å². The molecule has 0 saturated carbocycles. The van der Waals surface area contributed by atoms with Gasteiger partial charge in [-0.1, -0.05) is 0 Å². The van der Waals surface area contributed by atoms with Crippen LogP contribution in [0.2, 0.25) is 0 Å². The van der Waals surface area contributed by atoms with Gasteiger partial charge in [-0.3, -0.25) is 4.79 Å². The monoisotopic (exact) mass is 329 g/mol. The fraction of sp³-hybridized carbons (Fsp3) is 0.643. The average molecular weight is 329 g/mol. The molecule has 1 N–H and O–H groups in total. The highest BCUT2D eigenvalue weighted by Gasteiger charge is 2.41. The van der Waals surface area contributed by atoms with Gasteiger partial charge in [-0.05, 0) is 38.8 Å². The first-order chi connectivity index (χ1) is 10.3. The quantitative estimate of drug-likeness (QED) is 0.842. The summed E-state index contributed by atoms with van der Waals surface area (Å²) in [7, 11) is -2.08. The average Bonchev–Trinajstić information content (AvgIpc) is 3.14. The van der Waals surface area contributed by atoms with Gasteiger partial charge in [0.05, 0.1) is 12.8 Å². The summed E-state index contributed by atoms with van der Waals surface area (Å²) in [6.07, 6.45) is 2.75. The van der Waals surface area contributed by atoms with Crippen LogP contribution in [0.25, 0.3) is 0 Å². The molecule has 1 fully saturated rings. The van der Waals surface area contributed by atoms with Crippen LogP contribution < -0.4 is 5.32 Å². The Bertz CT molecular complexity index is 598. The molecule has 0 radical (unpaired) electrons. The van der Waals surface area contributed by atoms with Crippen molar-refractivity contribution in [2.24, 2.45) is 0 Å². The maximum atomic E-state index is 12.6. The van der Waals surface area contributed by atoms with Crippen molar-refractivity contribution in [1.29, 1.82) is 0 Å². The summed E-state index contributed by atoms with van der Waals surface area (Å²) < 4.78 is 32.9. The van der Waals surface area contributed by atoms with Crippen LogP contribution in [0, 0.1) is 0 Å². The molecule has 1 unspecified atom stereocenters. The van der Waals surface area contributed by atoms with E-state index in [1.165, 1.54) is 21.9 Å². The van der Waals surface area contributed by atoms with Gasteiger partial charge in [-0.2, -0.15) is 17.0 Å². The molecule has 1 saturated heterocycles. The topological polar surface area (TPSA) is 82.9 Å². The van der Waals surface area contributed by atoms with E-state index in [9.17, 15) is 13.2 Å². The van der Waals surface area contributed by atoms with Crippen LogP contribution in [0.5, 0.6) is 0 Å². The Hall–Kier alpha value is -1.38. The summed E-state index contributed by atoms with van der Waals surface area (Å²) in [5.74, 6) is 0.356. The molecule has 1 amide bonds. The van der Waals surface area contributed by atoms with Gasteiger partial charge in [0.15, 0.2) is 0 Å². The minimum atomic E-state index is -3.62. The van der Waals surface area contributed by atoms with Gasteiger partial charge in [0.25, 0.3) is 10.2 Å². The van der Waals surface area contributed by atoms with E-state index in [-0.39, 0.29) is 18.5 Å². The minimum absolute atomic E-state index is 0.155. The van der Waals surface area contributed by atoms with Crippen LogP contribution in [-0.2, 0) is 21.5 Å². The van der Waals surface area contributed by atoms with Gasteiger partial charge >= 0.3 is 0 Å². The molecule has 0 spiro atoms. The molecular formula is C14H23N3O4S. The third-order valence-electron chi connectivity index (χ3n) is 3.91. The van der Waals surface area contributed by atoms with E-state index < -0.39 is 16.3 Å². The number of hydrogen-bond acceptors (Lipinski definition) is 4. The highest BCUT2D eigenvalue weighted by atomic mass is 32.2. The standard InChI is InChI=1S/C14H23N3O4S/c1-11(2)16(3)22(19,20)17-8-4-7-13(17)14(18)15-10-12-6-5-9-21-12/h5-6,9,11,13H,4,7-8,10H2,1-3H3,(H,15,18). The SMILES string of the molecule is CC(C)N(C)S(=O)(=O)N1CCCC1C(=O)NCc1ccco1. The lowest BCUT2D eigenvalue weighted by molar-refractivity contribution is -0.124. The predicted octanol–water partition coefficient (Wildman–Crippen LogP) is 0.945. The number of carbonyl (C=O) groups is 1. The number of nitrogens with zero attached hydrogens (tertiary/aromatic N) is 2. The molecule has 0 aliphatic carbocycles. The second-order valence-electron chi connectivity index (χ2n) is 5.68. The predicted molar refractivity (Wildman–Crippen MR) is 82.1 cm³/mol.